The van der Waals surface area contributed by atoms with Crippen molar-refractivity contribution in [2.45, 2.75) is 38.0 Å². The van der Waals surface area contributed by atoms with Gasteiger partial charge in [-0.1, -0.05) is 32.4 Å². The molecule has 0 saturated carbocycles. The molecule has 1 fully saturated rings. The zero-order valence-corrected chi connectivity index (χ0v) is 14.5. The fourth-order valence-corrected chi connectivity index (χ4v) is 3.59. The molecule has 1 aliphatic heterocycles. The van der Waals surface area contributed by atoms with Crippen LogP contribution in [0.1, 0.15) is 33.1 Å². The van der Waals surface area contributed by atoms with E-state index in [0.717, 1.165) is 6.07 Å². The standard InChI is InChI=1S/C8H10N2O4S.C7H15N/c1-2-9-15(13,14)8-6-4-3-5-7(8)10(11)12;1-2-8-6-4-3-5-7-8/h3-6,9H,2H2,1H3;2-7H2,1H3. The van der Waals surface area contributed by atoms with E-state index in [1.165, 1.54) is 57.1 Å². The number of hydrogen-bond acceptors (Lipinski definition) is 5. The molecule has 8 heteroatoms. The van der Waals surface area contributed by atoms with E-state index in [-0.39, 0.29) is 11.4 Å². The van der Waals surface area contributed by atoms with Gasteiger partial charge in [0.15, 0.2) is 4.90 Å². The first kappa shape index (κ1) is 19.5. The van der Waals surface area contributed by atoms with Crippen molar-refractivity contribution in [3.63, 3.8) is 0 Å². The monoisotopic (exact) mass is 343 g/mol. The van der Waals surface area contributed by atoms with Crippen LogP contribution in [-0.4, -0.2) is 44.4 Å². The number of nitrogens with zero attached hydrogens (tertiary/aromatic N) is 2. The number of rotatable bonds is 5. The predicted octanol–water partition coefficient (Wildman–Crippen LogP) is 2.39. The quantitative estimate of drug-likeness (QED) is 0.654. The van der Waals surface area contributed by atoms with Gasteiger partial charge in [0, 0.05) is 12.6 Å². The summed E-state index contributed by atoms with van der Waals surface area (Å²) in [5.74, 6) is 0. The van der Waals surface area contributed by atoms with E-state index in [1.807, 2.05) is 0 Å². The van der Waals surface area contributed by atoms with Crippen LogP contribution in [0, 0.1) is 10.1 Å². The summed E-state index contributed by atoms with van der Waals surface area (Å²) in [5, 5.41) is 10.6. The zero-order chi connectivity index (χ0) is 17.3. The van der Waals surface area contributed by atoms with Crippen molar-refractivity contribution in [1.82, 2.24) is 9.62 Å². The SMILES string of the molecule is CCN1CCCCC1.CCNS(=O)(=O)c1ccccc1[N+](=O)[O-]. The Kier molecular flexibility index (Phi) is 8.15. The fraction of sp³-hybridized carbons (Fsp3) is 0.600. The van der Waals surface area contributed by atoms with E-state index in [0.29, 0.717) is 0 Å². The summed E-state index contributed by atoms with van der Waals surface area (Å²) in [5.41, 5.74) is -0.418. The fourth-order valence-electron chi connectivity index (χ4n) is 2.38. The van der Waals surface area contributed by atoms with Crippen LogP contribution >= 0.6 is 0 Å². The van der Waals surface area contributed by atoms with Crippen molar-refractivity contribution in [2.75, 3.05) is 26.2 Å². The van der Waals surface area contributed by atoms with Crippen LogP contribution in [0.4, 0.5) is 5.69 Å². The summed E-state index contributed by atoms with van der Waals surface area (Å²) in [6, 6.07) is 5.22. The van der Waals surface area contributed by atoms with Gasteiger partial charge >= 0.3 is 0 Å². The minimum absolute atomic E-state index is 0.189. The van der Waals surface area contributed by atoms with Crippen LogP contribution < -0.4 is 4.72 Å². The summed E-state index contributed by atoms with van der Waals surface area (Å²) in [6.07, 6.45) is 4.30. The highest BCUT2D eigenvalue weighted by Crippen LogP contribution is 2.22. The molecule has 0 aromatic heterocycles. The Morgan fingerprint density at radius 1 is 1.17 bits per heavy atom. The molecule has 0 unspecified atom stereocenters. The molecule has 1 saturated heterocycles. The number of hydrogen-bond donors (Lipinski definition) is 1. The number of sulfonamides is 1. The minimum atomic E-state index is -3.78. The first-order valence-electron chi connectivity index (χ1n) is 7.87. The maximum Gasteiger partial charge on any atom is 0.289 e. The van der Waals surface area contributed by atoms with Gasteiger partial charge in [0.2, 0.25) is 10.0 Å². The number of nitrogens with one attached hydrogen (secondary N) is 1. The molecular formula is C15H25N3O4S. The van der Waals surface area contributed by atoms with Crippen LogP contribution in [-0.2, 0) is 10.0 Å². The summed E-state index contributed by atoms with van der Waals surface area (Å²) < 4.78 is 25.3. The van der Waals surface area contributed by atoms with Crippen molar-refractivity contribution < 1.29 is 13.3 Å². The molecule has 0 radical (unpaired) electrons. The van der Waals surface area contributed by atoms with Crippen molar-refractivity contribution >= 4 is 15.7 Å². The zero-order valence-electron chi connectivity index (χ0n) is 13.7. The highest BCUT2D eigenvalue weighted by atomic mass is 32.2. The van der Waals surface area contributed by atoms with Crippen LogP contribution in [0.25, 0.3) is 0 Å². The third-order valence-corrected chi connectivity index (χ3v) is 5.17. The molecule has 1 aliphatic rings. The molecule has 1 N–H and O–H groups in total. The van der Waals surface area contributed by atoms with Gasteiger partial charge in [0.25, 0.3) is 5.69 Å². The molecule has 1 aromatic rings. The van der Waals surface area contributed by atoms with Crippen molar-refractivity contribution in [1.29, 1.82) is 0 Å². The number of likely N-dealkylation sites (tertiary alicyclic amines) is 1. The van der Waals surface area contributed by atoms with E-state index in [4.69, 9.17) is 0 Å². The van der Waals surface area contributed by atoms with E-state index >= 15 is 0 Å². The van der Waals surface area contributed by atoms with Crippen molar-refractivity contribution in [3.05, 3.63) is 34.4 Å². The van der Waals surface area contributed by atoms with Gasteiger partial charge in [-0.3, -0.25) is 10.1 Å². The number of nitro groups is 1. The van der Waals surface area contributed by atoms with Gasteiger partial charge < -0.3 is 4.90 Å². The van der Waals surface area contributed by atoms with Crippen molar-refractivity contribution in [3.8, 4) is 0 Å². The molecule has 1 aromatic carbocycles. The lowest BCUT2D eigenvalue weighted by Crippen LogP contribution is -2.29. The second-order valence-electron chi connectivity index (χ2n) is 5.22. The third-order valence-electron chi connectivity index (χ3n) is 3.58. The Labute approximate surface area is 137 Å². The van der Waals surface area contributed by atoms with E-state index in [1.54, 1.807) is 6.92 Å². The van der Waals surface area contributed by atoms with Crippen molar-refractivity contribution in [2.24, 2.45) is 0 Å². The lowest BCUT2D eigenvalue weighted by Gasteiger charge is -2.24. The summed E-state index contributed by atoms with van der Waals surface area (Å²) >= 11 is 0. The molecule has 0 amide bonds. The van der Waals surface area contributed by atoms with Crippen LogP contribution in [0.15, 0.2) is 29.2 Å². The smallest absolute Gasteiger partial charge is 0.289 e. The molecule has 2 rings (SSSR count). The Morgan fingerprint density at radius 2 is 1.78 bits per heavy atom. The second-order valence-corrected chi connectivity index (χ2v) is 6.96. The van der Waals surface area contributed by atoms with Gasteiger partial charge in [-0.05, 0) is 38.5 Å². The average molecular weight is 343 g/mol. The van der Waals surface area contributed by atoms with Crippen LogP contribution in [0.5, 0.6) is 0 Å². The Balaban J connectivity index is 0.000000277. The van der Waals surface area contributed by atoms with Gasteiger partial charge in [0.05, 0.1) is 4.92 Å². The van der Waals surface area contributed by atoms with Crippen LogP contribution in [0.3, 0.4) is 0 Å². The maximum atomic E-state index is 11.5. The summed E-state index contributed by atoms with van der Waals surface area (Å²) in [4.78, 5) is 12.1. The third kappa shape index (κ3) is 6.25. The molecule has 23 heavy (non-hydrogen) atoms. The molecule has 0 aliphatic carbocycles. The highest BCUT2D eigenvalue weighted by Gasteiger charge is 2.23. The summed E-state index contributed by atoms with van der Waals surface area (Å²) in [6.45, 7) is 7.97. The Bertz CT molecular complexity index is 598. The highest BCUT2D eigenvalue weighted by molar-refractivity contribution is 7.89. The average Bonchev–Trinajstić information content (AvgIpc) is 2.56. The number of para-hydroxylation sites is 1. The Morgan fingerprint density at radius 3 is 2.26 bits per heavy atom. The number of piperidine rings is 1. The minimum Gasteiger partial charge on any atom is -0.304 e. The number of benzene rings is 1. The normalized spacial score (nSPS) is 15.6. The van der Waals surface area contributed by atoms with Gasteiger partial charge in [-0.15, -0.1) is 0 Å². The summed E-state index contributed by atoms with van der Waals surface area (Å²) in [7, 11) is -3.78. The van der Waals surface area contributed by atoms with Crippen LogP contribution in [0.2, 0.25) is 0 Å². The first-order valence-corrected chi connectivity index (χ1v) is 9.36. The molecule has 0 bridgehead atoms. The maximum absolute atomic E-state index is 11.5. The molecule has 130 valence electrons. The van der Waals surface area contributed by atoms with Gasteiger partial charge in [-0.25, -0.2) is 13.1 Å². The molecular weight excluding hydrogens is 318 g/mol. The molecule has 0 spiro atoms. The van der Waals surface area contributed by atoms with E-state index < -0.39 is 20.6 Å². The first-order chi connectivity index (χ1) is 10.9. The molecule has 1 heterocycles. The van der Waals surface area contributed by atoms with Gasteiger partial charge in [0.1, 0.15) is 0 Å². The lowest BCUT2D eigenvalue weighted by atomic mass is 10.1. The molecule has 7 nitrogen and oxygen atoms in total. The largest absolute Gasteiger partial charge is 0.304 e. The lowest BCUT2D eigenvalue weighted by molar-refractivity contribution is -0.387. The van der Waals surface area contributed by atoms with Gasteiger partial charge in [-0.2, -0.15) is 0 Å². The van der Waals surface area contributed by atoms with E-state index in [2.05, 4.69) is 16.5 Å². The topological polar surface area (TPSA) is 92.6 Å². The Hall–Kier alpha value is -1.51. The predicted molar refractivity (Wildman–Crippen MR) is 89.9 cm³/mol. The second kappa shape index (κ2) is 9.59. The van der Waals surface area contributed by atoms with E-state index in [9.17, 15) is 18.5 Å². The number of nitro benzene ring substituents is 1. The molecule has 0 atom stereocenters.